The molecule has 3 nitrogen and oxygen atoms in total. The number of nitrogens with one attached hydrogen (secondary N) is 1. The summed E-state index contributed by atoms with van der Waals surface area (Å²) in [7, 11) is 1.87. The lowest BCUT2D eigenvalue weighted by Crippen LogP contribution is -2.40. The highest BCUT2D eigenvalue weighted by atomic mass is 32.1. The first-order chi connectivity index (χ1) is 7.65. The van der Waals surface area contributed by atoms with Crippen LogP contribution in [-0.4, -0.2) is 29.5 Å². The summed E-state index contributed by atoms with van der Waals surface area (Å²) in [5, 5.41) is 3.17. The van der Waals surface area contributed by atoms with Crippen molar-refractivity contribution < 1.29 is 4.79 Å². The summed E-state index contributed by atoms with van der Waals surface area (Å²) < 4.78 is 0. The lowest BCUT2D eigenvalue weighted by atomic mass is 10.2. The summed E-state index contributed by atoms with van der Waals surface area (Å²) >= 11 is 5.11. The second-order valence-corrected chi connectivity index (χ2v) is 3.93. The van der Waals surface area contributed by atoms with E-state index in [2.05, 4.69) is 12.2 Å². The predicted octanol–water partition coefficient (Wildman–Crippen LogP) is 2.04. The number of carbonyl (C=O) groups is 1. The Hall–Kier alpha value is -1.42. The molecule has 0 aliphatic carbocycles. The fraction of sp³-hybridized carbons (Fsp3) is 0.333. The van der Waals surface area contributed by atoms with Gasteiger partial charge >= 0.3 is 0 Å². The molecule has 1 aromatic carbocycles. The lowest BCUT2D eigenvalue weighted by molar-refractivity contribution is 0.0974. The molecule has 0 saturated carbocycles. The third-order valence-electron chi connectivity index (χ3n) is 2.16. The molecule has 0 heterocycles. The van der Waals surface area contributed by atoms with Crippen LogP contribution in [0.2, 0.25) is 0 Å². The Morgan fingerprint density at radius 3 is 2.56 bits per heavy atom. The molecule has 1 N–H and O–H groups in total. The summed E-state index contributed by atoms with van der Waals surface area (Å²) in [6.07, 6.45) is 0.998. The molecule has 86 valence electrons. The average Bonchev–Trinajstić information content (AvgIpc) is 2.30. The van der Waals surface area contributed by atoms with Gasteiger partial charge in [-0.05, 0) is 30.8 Å². The van der Waals surface area contributed by atoms with Crippen LogP contribution in [-0.2, 0) is 0 Å². The highest BCUT2D eigenvalue weighted by Gasteiger charge is 2.09. The Labute approximate surface area is 101 Å². The zero-order chi connectivity index (χ0) is 12.0. The maximum atomic E-state index is 11.7. The lowest BCUT2D eigenvalue weighted by Gasteiger charge is -2.19. The topological polar surface area (TPSA) is 32.3 Å². The number of benzene rings is 1. The SMILES string of the molecule is CCCN(C)C(=S)NC(=O)c1ccccc1. The number of hydrogen-bond donors (Lipinski definition) is 1. The van der Waals surface area contributed by atoms with Crippen molar-refractivity contribution in [3.05, 3.63) is 35.9 Å². The van der Waals surface area contributed by atoms with E-state index >= 15 is 0 Å². The van der Waals surface area contributed by atoms with E-state index in [9.17, 15) is 4.79 Å². The highest BCUT2D eigenvalue weighted by Crippen LogP contribution is 1.98. The van der Waals surface area contributed by atoms with Gasteiger partial charge in [0.1, 0.15) is 0 Å². The molecule has 0 unspecified atom stereocenters. The van der Waals surface area contributed by atoms with Crippen molar-refractivity contribution in [2.24, 2.45) is 0 Å². The second kappa shape index (κ2) is 6.23. The fourth-order valence-corrected chi connectivity index (χ4v) is 1.48. The number of amides is 1. The fourth-order valence-electron chi connectivity index (χ4n) is 1.29. The van der Waals surface area contributed by atoms with Crippen LogP contribution in [0, 0.1) is 0 Å². The van der Waals surface area contributed by atoms with E-state index in [0.29, 0.717) is 10.7 Å². The maximum absolute atomic E-state index is 11.7. The van der Waals surface area contributed by atoms with Crippen LogP contribution in [0.15, 0.2) is 30.3 Å². The van der Waals surface area contributed by atoms with Gasteiger partial charge in [0.25, 0.3) is 5.91 Å². The molecule has 0 radical (unpaired) electrons. The summed E-state index contributed by atoms with van der Waals surface area (Å²) in [6.45, 7) is 2.91. The van der Waals surface area contributed by atoms with Crippen LogP contribution in [0.4, 0.5) is 0 Å². The van der Waals surface area contributed by atoms with E-state index in [-0.39, 0.29) is 5.91 Å². The first-order valence-corrected chi connectivity index (χ1v) is 5.67. The molecule has 1 rings (SSSR count). The van der Waals surface area contributed by atoms with Gasteiger partial charge in [-0.1, -0.05) is 25.1 Å². The van der Waals surface area contributed by atoms with Crippen molar-refractivity contribution >= 4 is 23.2 Å². The van der Waals surface area contributed by atoms with Gasteiger partial charge in [0.2, 0.25) is 0 Å². The second-order valence-electron chi connectivity index (χ2n) is 3.55. The minimum Gasteiger partial charge on any atom is -0.352 e. The van der Waals surface area contributed by atoms with E-state index in [4.69, 9.17) is 12.2 Å². The third kappa shape index (κ3) is 3.62. The largest absolute Gasteiger partial charge is 0.352 e. The Morgan fingerprint density at radius 2 is 2.00 bits per heavy atom. The van der Waals surface area contributed by atoms with Crippen molar-refractivity contribution in [3.63, 3.8) is 0 Å². The molecule has 1 aromatic rings. The summed E-state index contributed by atoms with van der Waals surface area (Å²) in [6, 6.07) is 9.05. The number of hydrogen-bond acceptors (Lipinski definition) is 2. The molecule has 0 saturated heterocycles. The number of carbonyl (C=O) groups excluding carboxylic acids is 1. The van der Waals surface area contributed by atoms with Crippen molar-refractivity contribution in [1.82, 2.24) is 10.2 Å². The third-order valence-corrected chi connectivity index (χ3v) is 2.58. The zero-order valence-electron chi connectivity index (χ0n) is 9.56. The molecular weight excluding hydrogens is 220 g/mol. The zero-order valence-corrected chi connectivity index (χ0v) is 10.4. The highest BCUT2D eigenvalue weighted by molar-refractivity contribution is 7.80. The predicted molar refractivity (Wildman–Crippen MR) is 69.4 cm³/mol. The van der Waals surface area contributed by atoms with Crippen LogP contribution in [0.3, 0.4) is 0 Å². The summed E-state index contributed by atoms with van der Waals surface area (Å²) in [5.41, 5.74) is 0.620. The van der Waals surface area contributed by atoms with Crippen LogP contribution < -0.4 is 5.32 Å². The molecule has 0 fully saturated rings. The molecule has 1 amide bonds. The van der Waals surface area contributed by atoms with Gasteiger partial charge in [-0.2, -0.15) is 0 Å². The first-order valence-electron chi connectivity index (χ1n) is 5.26. The van der Waals surface area contributed by atoms with Gasteiger partial charge in [-0.3, -0.25) is 10.1 Å². The molecule has 0 atom stereocenters. The maximum Gasteiger partial charge on any atom is 0.257 e. The quantitative estimate of drug-likeness (QED) is 0.815. The van der Waals surface area contributed by atoms with Gasteiger partial charge in [-0.25, -0.2) is 0 Å². The number of rotatable bonds is 3. The normalized spacial score (nSPS) is 9.62. The van der Waals surface area contributed by atoms with Crippen LogP contribution >= 0.6 is 12.2 Å². The summed E-state index contributed by atoms with van der Waals surface area (Å²) in [4.78, 5) is 13.6. The minimum absolute atomic E-state index is 0.159. The molecule has 0 aliphatic heterocycles. The minimum atomic E-state index is -0.159. The summed E-state index contributed by atoms with van der Waals surface area (Å²) in [5.74, 6) is -0.159. The molecule has 0 spiro atoms. The smallest absolute Gasteiger partial charge is 0.257 e. The number of thiocarbonyl (C=S) groups is 1. The van der Waals surface area contributed by atoms with Gasteiger partial charge in [0, 0.05) is 19.2 Å². The molecule has 4 heteroatoms. The average molecular weight is 236 g/mol. The molecule has 16 heavy (non-hydrogen) atoms. The van der Waals surface area contributed by atoms with Crippen LogP contribution in [0.25, 0.3) is 0 Å². The van der Waals surface area contributed by atoms with Crippen molar-refractivity contribution in [2.45, 2.75) is 13.3 Å². The van der Waals surface area contributed by atoms with E-state index in [0.717, 1.165) is 13.0 Å². The molecular formula is C12H16N2OS. The van der Waals surface area contributed by atoms with Gasteiger partial charge in [0.05, 0.1) is 0 Å². The molecule has 0 aliphatic rings. The van der Waals surface area contributed by atoms with Crippen molar-refractivity contribution in [2.75, 3.05) is 13.6 Å². The van der Waals surface area contributed by atoms with Gasteiger partial charge < -0.3 is 4.90 Å². The Kier molecular flexibility index (Phi) is 4.92. The monoisotopic (exact) mass is 236 g/mol. The van der Waals surface area contributed by atoms with Crippen LogP contribution in [0.1, 0.15) is 23.7 Å². The Bertz CT molecular complexity index is 365. The van der Waals surface area contributed by atoms with Crippen LogP contribution in [0.5, 0.6) is 0 Å². The Morgan fingerprint density at radius 1 is 1.38 bits per heavy atom. The number of nitrogens with zero attached hydrogens (tertiary/aromatic N) is 1. The van der Waals surface area contributed by atoms with E-state index in [1.54, 1.807) is 12.1 Å². The van der Waals surface area contributed by atoms with Gasteiger partial charge in [-0.15, -0.1) is 0 Å². The van der Waals surface area contributed by atoms with Crippen molar-refractivity contribution in [3.8, 4) is 0 Å². The molecule has 0 aromatic heterocycles. The van der Waals surface area contributed by atoms with E-state index in [1.807, 2.05) is 30.1 Å². The molecule has 0 bridgehead atoms. The van der Waals surface area contributed by atoms with E-state index < -0.39 is 0 Å². The standard InChI is InChI=1S/C12H16N2OS/c1-3-9-14(2)12(16)13-11(15)10-7-5-4-6-8-10/h4-8H,3,9H2,1-2H3,(H,13,15,16). The van der Waals surface area contributed by atoms with Crippen molar-refractivity contribution in [1.29, 1.82) is 0 Å². The van der Waals surface area contributed by atoms with Gasteiger partial charge in [0.15, 0.2) is 5.11 Å². The van der Waals surface area contributed by atoms with E-state index in [1.165, 1.54) is 0 Å². The Balaban J connectivity index is 2.55. The first kappa shape index (κ1) is 12.6.